The maximum Gasteiger partial charge on any atom is 0.320 e. The summed E-state index contributed by atoms with van der Waals surface area (Å²) in [6.45, 7) is 0.625. The van der Waals surface area contributed by atoms with Gasteiger partial charge < -0.3 is 14.5 Å². The Balaban J connectivity index is 1.48. The highest BCUT2D eigenvalue weighted by Crippen LogP contribution is 2.26. The van der Waals surface area contributed by atoms with Gasteiger partial charge >= 0.3 is 6.01 Å². The third-order valence-corrected chi connectivity index (χ3v) is 4.25. The van der Waals surface area contributed by atoms with Crippen LogP contribution in [0.3, 0.4) is 0 Å². The number of ether oxygens (including phenoxy) is 1. The van der Waals surface area contributed by atoms with Crippen LogP contribution in [0.25, 0.3) is 0 Å². The SMILES string of the molecule is COc1cccc(Cc2nnc(Nc3ccc4c(c3)C(Cl)=NC4)o2)c1. The van der Waals surface area contributed by atoms with Crippen molar-refractivity contribution in [3.63, 3.8) is 0 Å². The molecule has 0 saturated carbocycles. The van der Waals surface area contributed by atoms with Crippen molar-refractivity contribution >= 4 is 28.5 Å². The molecule has 4 rings (SSSR count). The summed E-state index contributed by atoms with van der Waals surface area (Å²) in [6, 6.07) is 14.0. The summed E-state index contributed by atoms with van der Waals surface area (Å²) in [4.78, 5) is 4.21. The van der Waals surface area contributed by atoms with Crippen LogP contribution in [0.4, 0.5) is 11.7 Å². The van der Waals surface area contributed by atoms with Gasteiger partial charge in [0, 0.05) is 11.3 Å². The number of benzene rings is 2. The lowest BCUT2D eigenvalue weighted by Gasteiger charge is -2.04. The second kappa shape index (κ2) is 6.57. The first-order chi connectivity index (χ1) is 12.2. The molecule has 1 aliphatic rings. The van der Waals surface area contributed by atoms with E-state index < -0.39 is 0 Å². The molecule has 0 radical (unpaired) electrons. The van der Waals surface area contributed by atoms with E-state index >= 15 is 0 Å². The van der Waals surface area contributed by atoms with Crippen molar-refractivity contribution < 1.29 is 9.15 Å². The minimum absolute atomic E-state index is 0.337. The fourth-order valence-electron chi connectivity index (χ4n) is 2.68. The standard InChI is InChI=1S/C18H15ClN4O2/c1-24-14-4-2-3-11(7-14)8-16-22-23-18(25-16)21-13-6-5-12-10-20-17(19)15(12)9-13/h2-7,9H,8,10H2,1H3,(H,21,23). The van der Waals surface area contributed by atoms with Crippen molar-refractivity contribution in [3.8, 4) is 5.75 Å². The first kappa shape index (κ1) is 15.7. The summed E-state index contributed by atoms with van der Waals surface area (Å²) in [5, 5.41) is 11.8. The molecule has 1 N–H and O–H groups in total. The third-order valence-electron chi connectivity index (χ3n) is 3.93. The van der Waals surface area contributed by atoms with Crippen LogP contribution >= 0.6 is 11.6 Å². The van der Waals surface area contributed by atoms with Crippen LogP contribution in [-0.2, 0) is 13.0 Å². The molecule has 126 valence electrons. The first-order valence-corrected chi connectivity index (χ1v) is 8.14. The van der Waals surface area contributed by atoms with Crippen molar-refractivity contribution in [2.45, 2.75) is 13.0 Å². The van der Waals surface area contributed by atoms with Gasteiger partial charge in [-0.1, -0.05) is 34.9 Å². The maximum absolute atomic E-state index is 6.10. The molecule has 6 nitrogen and oxygen atoms in total. The van der Waals surface area contributed by atoms with Gasteiger partial charge in [-0.2, -0.15) is 0 Å². The van der Waals surface area contributed by atoms with Crippen LogP contribution < -0.4 is 10.1 Å². The Bertz CT molecular complexity index is 952. The van der Waals surface area contributed by atoms with Gasteiger partial charge in [-0.25, -0.2) is 0 Å². The van der Waals surface area contributed by atoms with Crippen molar-refractivity contribution in [2.75, 3.05) is 12.4 Å². The van der Waals surface area contributed by atoms with E-state index in [1.54, 1.807) is 7.11 Å². The molecule has 2 heterocycles. The predicted octanol–water partition coefficient (Wildman–Crippen LogP) is 3.91. The molecule has 1 aromatic heterocycles. The van der Waals surface area contributed by atoms with Crippen LogP contribution in [0.1, 0.15) is 22.6 Å². The normalized spacial score (nSPS) is 12.6. The van der Waals surface area contributed by atoms with Crippen LogP contribution in [-0.4, -0.2) is 22.5 Å². The van der Waals surface area contributed by atoms with Gasteiger partial charge in [0.05, 0.1) is 20.1 Å². The lowest BCUT2D eigenvalue weighted by atomic mass is 10.1. The Labute approximate surface area is 149 Å². The molecule has 25 heavy (non-hydrogen) atoms. The Hall–Kier alpha value is -2.86. The van der Waals surface area contributed by atoms with E-state index in [1.807, 2.05) is 42.5 Å². The number of hydrogen-bond donors (Lipinski definition) is 1. The topological polar surface area (TPSA) is 72.5 Å². The first-order valence-electron chi connectivity index (χ1n) is 7.77. The van der Waals surface area contributed by atoms with Gasteiger partial charge in [0.2, 0.25) is 5.89 Å². The average molecular weight is 355 g/mol. The molecule has 0 fully saturated rings. The van der Waals surface area contributed by atoms with E-state index in [1.165, 1.54) is 0 Å². The van der Waals surface area contributed by atoms with Gasteiger partial charge in [-0.15, -0.1) is 5.10 Å². The van der Waals surface area contributed by atoms with E-state index in [2.05, 4.69) is 20.5 Å². The monoisotopic (exact) mass is 354 g/mol. The van der Waals surface area contributed by atoms with Crippen molar-refractivity contribution in [1.29, 1.82) is 0 Å². The molecular weight excluding hydrogens is 340 g/mol. The van der Waals surface area contributed by atoms with Crippen molar-refractivity contribution in [1.82, 2.24) is 10.2 Å². The number of aromatic nitrogens is 2. The summed E-state index contributed by atoms with van der Waals surface area (Å²) in [7, 11) is 1.64. The van der Waals surface area contributed by atoms with Crippen molar-refractivity contribution in [2.24, 2.45) is 4.99 Å². The summed E-state index contributed by atoms with van der Waals surface area (Å²) in [5.41, 5.74) is 3.91. The summed E-state index contributed by atoms with van der Waals surface area (Å²) in [5.74, 6) is 1.32. The molecule has 2 aromatic carbocycles. The van der Waals surface area contributed by atoms with Crippen LogP contribution in [0.5, 0.6) is 5.75 Å². The number of nitrogens with one attached hydrogen (secondary N) is 1. The zero-order chi connectivity index (χ0) is 17.2. The van der Waals surface area contributed by atoms with Gasteiger partial charge in [-0.3, -0.25) is 4.99 Å². The Morgan fingerprint density at radius 1 is 1.20 bits per heavy atom. The molecule has 0 amide bonds. The number of aliphatic imine (C=N–C) groups is 1. The number of hydrogen-bond acceptors (Lipinski definition) is 6. The fraction of sp³-hybridized carbons (Fsp3) is 0.167. The number of halogens is 1. The van der Waals surface area contributed by atoms with Gasteiger partial charge in [0.25, 0.3) is 0 Å². The molecule has 0 unspecified atom stereocenters. The second-order valence-corrected chi connectivity index (χ2v) is 5.99. The van der Waals surface area contributed by atoms with Gasteiger partial charge in [0.1, 0.15) is 10.9 Å². The maximum atomic E-state index is 6.10. The largest absolute Gasteiger partial charge is 0.497 e. The van der Waals surface area contributed by atoms with E-state index in [4.69, 9.17) is 20.8 Å². The third kappa shape index (κ3) is 3.34. The zero-order valence-corrected chi connectivity index (χ0v) is 14.2. The van der Waals surface area contributed by atoms with Crippen LogP contribution in [0.15, 0.2) is 51.9 Å². The minimum atomic E-state index is 0.337. The summed E-state index contributed by atoms with van der Waals surface area (Å²) in [6.07, 6.45) is 0.536. The predicted molar refractivity (Wildman–Crippen MR) is 95.9 cm³/mol. The minimum Gasteiger partial charge on any atom is -0.497 e. The van der Waals surface area contributed by atoms with E-state index in [0.29, 0.717) is 30.0 Å². The fourth-order valence-corrected chi connectivity index (χ4v) is 2.92. The molecule has 0 spiro atoms. The average Bonchev–Trinajstić information content (AvgIpc) is 3.22. The zero-order valence-electron chi connectivity index (χ0n) is 13.5. The summed E-state index contributed by atoms with van der Waals surface area (Å²) < 4.78 is 10.9. The molecule has 1 aliphatic heterocycles. The number of anilines is 2. The highest BCUT2D eigenvalue weighted by molar-refractivity contribution is 6.70. The number of methoxy groups -OCH3 is 1. The molecular formula is C18H15ClN4O2. The van der Waals surface area contributed by atoms with Gasteiger partial charge in [0.15, 0.2) is 0 Å². The Morgan fingerprint density at radius 2 is 2.12 bits per heavy atom. The van der Waals surface area contributed by atoms with Gasteiger partial charge in [-0.05, 0) is 35.4 Å². The Kier molecular flexibility index (Phi) is 4.11. The smallest absolute Gasteiger partial charge is 0.320 e. The lowest BCUT2D eigenvalue weighted by molar-refractivity contribution is 0.414. The molecule has 0 atom stereocenters. The summed E-state index contributed by atoms with van der Waals surface area (Å²) >= 11 is 6.10. The van der Waals surface area contributed by atoms with Crippen molar-refractivity contribution in [3.05, 3.63) is 65.0 Å². The number of rotatable bonds is 5. The van der Waals surface area contributed by atoms with E-state index in [0.717, 1.165) is 28.1 Å². The van der Waals surface area contributed by atoms with Crippen LogP contribution in [0.2, 0.25) is 0 Å². The molecule has 0 aliphatic carbocycles. The molecule has 0 bridgehead atoms. The highest BCUT2D eigenvalue weighted by atomic mass is 35.5. The second-order valence-electron chi connectivity index (χ2n) is 5.63. The molecule has 0 saturated heterocycles. The number of nitrogens with zero attached hydrogens (tertiary/aromatic N) is 3. The molecule has 7 heteroatoms. The quantitative estimate of drug-likeness (QED) is 0.752. The van der Waals surface area contributed by atoms with E-state index in [9.17, 15) is 0 Å². The molecule has 3 aromatic rings. The Morgan fingerprint density at radius 3 is 3.00 bits per heavy atom. The van der Waals surface area contributed by atoms with Crippen LogP contribution in [0, 0.1) is 0 Å². The lowest BCUT2D eigenvalue weighted by Crippen LogP contribution is -1.95. The highest BCUT2D eigenvalue weighted by Gasteiger charge is 2.15. The number of fused-ring (bicyclic) bond motifs is 1. The van der Waals surface area contributed by atoms with E-state index in [-0.39, 0.29) is 0 Å².